The van der Waals surface area contributed by atoms with Gasteiger partial charge in [0.25, 0.3) is 17.7 Å². The molecule has 0 saturated heterocycles. The van der Waals surface area contributed by atoms with Crippen LogP contribution in [0.1, 0.15) is 227 Å². The summed E-state index contributed by atoms with van der Waals surface area (Å²) in [7, 11) is 0. The van der Waals surface area contributed by atoms with E-state index in [9.17, 15) is 24.3 Å². The number of hydrogen-bond acceptors (Lipinski definition) is 13. The highest BCUT2D eigenvalue weighted by Gasteiger charge is 2.55. The maximum atomic E-state index is 14.6. The molecule has 6 N–H and O–H groups in total. The maximum Gasteiger partial charge on any atom is 0.335 e. The second-order valence-electron chi connectivity index (χ2n) is 29.2. The molecular formula is C68H89BrCl4N14O5. The standard InChI is InChI=1S/C34H43Cl2N7O2.C32H40Cl2N2O3.C2H5N5.BrH/c1-32(2,3)14-13-27(21-7-9-22(10-8-21)30(44)37-20-28-39-41-42-40-28)43-31(45)29(23-17-25(35)19-26(36)18-23)38-34(43)15-11-24(12-16-34)33(4,5)6;1-30(2,3)14-13-26(20-7-9-21(10-8-20)29(38)39)36-28(37)27(22-17-24(33)19-25(34)18-22)35-32(36)15-11-23(12-16-32)31(4,5)6;3-1-2-4-6-7-5-2;/h7-10,17-19,24,27H,11-16,20H2,1-6H3,(H,37,44)(H,39,40,41,42);7-10,17-19,23,26H,11-16H2,1-6H3,(H,38,39);1,3H2,(H,4,5,6,7);1H/t24?,27-,34?;23?,26-,32?;;/m11../s1. The van der Waals surface area contributed by atoms with Gasteiger partial charge in [0.2, 0.25) is 0 Å². The quantitative estimate of drug-likeness (QED) is 0.0642. The van der Waals surface area contributed by atoms with E-state index in [1.54, 1.807) is 48.5 Å². The van der Waals surface area contributed by atoms with Crippen LogP contribution in [0.3, 0.4) is 0 Å². The molecule has 0 bridgehead atoms. The zero-order valence-corrected chi connectivity index (χ0v) is 59.6. The molecule has 2 aromatic heterocycles. The first kappa shape index (κ1) is 73.3. The summed E-state index contributed by atoms with van der Waals surface area (Å²) >= 11 is 25.5. The number of aliphatic imine (C=N–C) groups is 2. The normalized spacial score (nSPS) is 20.8. The number of carboxylic acids is 1. The molecule has 0 radical (unpaired) electrons. The van der Waals surface area contributed by atoms with Crippen LogP contribution in [0.2, 0.25) is 20.1 Å². The molecule has 0 unspecified atom stereocenters. The van der Waals surface area contributed by atoms with Crippen LogP contribution in [-0.2, 0) is 22.7 Å². The zero-order chi connectivity index (χ0) is 66.4. The first-order valence-electron chi connectivity index (χ1n) is 31.3. The minimum Gasteiger partial charge on any atom is -0.478 e. The zero-order valence-electron chi connectivity index (χ0n) is 54.8. The van der Waals surface area contributed by atoms with Gasteiger partial charge in [0.15, 0.2) is 11.6 Å². The van der Waals surface area contributed by atoms with E-state index in [4.69, 9.17) is 62.1 Å². The Balaban J connectivity index is 0.000000235. The lowest BCUT2D eigenvalue weighted by atomic mass is 9.69. The number of H-pyrrole nitrogens is 2. The predicted molar refractivity (Wildman–Crippen MR) is 368 cm³/mol. The number of hydrogen-bond donors (Lipinski definition) is 5. The van der Waals surface area contributed by atoms with Gasteiger partial charge < -0.3 is 26.0 Å². The van der Waals surface area contributed by atoms with Gasteiger partial charge in [-0.15, -0.1) is 37.4 Å². The number of nitrogens with two attached hydrogens (primary N) is 1. The molecule has 10 rings (SSSR count). The summed E-state index contributed by atoms with van der Waals surface area (Å²) in [5.41, 5.74) is 8.95. The van der Waals surface area contributed by atoms with Crippen LogP contribution < -0.4 is 11.1 Å². The number of aromatic amines is 2. The van der Waals surface area contributed by atoms with Gasteiger partial charge in [0, 0.05) is 36.8 Å². The van der Waals surface area contributed by atoms with Crippen molar-refractivity contribution >= 4 is 98.5 Å². The first-order valence-corrected chi connectivity index (χ1v) is 32.9. The van der Waals surface area contributed by atoms with E-state index >= 15 is 0 Å². The van der Waals surface area contributed by atoms with Crippen molar-refractivity contribution in [3.05, 3.63) is 150 Å². The maximum absolute atomic E-state index is 14.6. The Morgan fingerprint density at radius 3 is 1.25 bits per heavy atom. The summed E-state index contributed by atoms with van der Waals surface area (Å²) < 4.78 is 0. The third kappa shape index (κ3) is 18.4. The van der Waals surface area contributed by atoms with Crippen LogP contribution in [0.4, 0.5) is 0 Å². The number of carbonyl (C=O) groups is 4. The van der Waals surface area contributed by atoms with E-state index in [0.717, 1.165) is 88.2 Å². The monoisotopic (exact) mass is 1400 g/mol. The second kappa shape index (κ2) is 30.1. The number of benzene rings is 4. The summed E-state index contributed by atoms with van der Waals surface area (Å²) in [4.78, 5) is 68.0. The largest absolute Gasteiger partial charge is 0.478 e. The van der Waals surface area contributed by atoms with E-state index in [1.165, 1.54) is 0 Å². The number of carboxylic acid groups (broad SMARTS) is 1. The Morgan fingerprint density at radius 2 is 0.946 bits per heavy atom. The van der Waals surface area contributed by atoms with Gasteiger partial charge in [-0.25, -0.2) is 4.79 Å². The average Bonchev–Trinajstić information content (AvgIpc) is 1.57. The summed E-state index contributed by atoms with van der Waals surface area (Å²) in [5, 5.41) is 40.5. The molecule has 3 amide bonds. The fourth-order valence-corrected chi connectivity index (χ4v) is 14.0. The summed E-state index contributed by atoms with van der Waals surface area (Å²) in [6.45, 7) is 27.5. The summed E-state index contributed by atoms with van der Waals surface area (Å²) in [6.07, 6.45) is 10.3. The van der Waals surface area contributed by atoms with Gasteiger partial charge in [-0.2, -0.15) is 10.4 Å². The number of halogens is 5. The van der Waals surface area contributed by atoms with Crippen molar-refractivity contribution < 1.29 is 24.3 Å². The van der Waals surface area contributed by atoms with Gasteiger partial charge in [-0.05, 0) is 182 Å². The molecule has 2 fully saturated rings. The molecule has 2 aliphatic carbocycles. The summed E-state index contributed by atoms with van der Waals surface area (Å²) in [5.74, 6) is 0.590. The highest BCUT2D eigenvalue weighted by molar-refractivity contribution is 8.93. The van der Waals surface area contributed by atoms with Gasteiger partial charge in [-0.1, -0.05) is 164 Å². The Morgan fingerprint density at radius 1 is 0.587 bits per heavy atom. The Kier molecular flexibility index (Phi) is 23.9. The fourth-order valence-electron chi connectivity index (χ4n) is 13.0. The Hall–Kier alpha value is -6.16. The van der Waals surface area contributed by atoms with E-state index in [-0.39, 0.29) is 80.6 Å². The molecule has 92 heavy (non-hydrogen) atoms. The van der Waals surface area contributed by atoms with Crippen LogP contribution in [0.15, 0.2) is 94.9 Å². The number of nitrogens with one attached hydrogen (secondary N) is 3. The van der Waals surface area contributed by atoms with E-state index in [2.05, 4.69) is 130 Å². The van der Waals surface area contributed by atoms with Crippen molar-refractivity contribution in [1.29, 1.82) is 0 Å². The SMILES string of the molecule is Br.CC(C)(C)CC[C@H](c1ccc(C(=O)NCc2nn[nH]n2)cc1)N1C(=O)C(c2cc(Cl)cc(Cl)c2)=NC12CCC(C(C)(C)C)CC2.CC(C)(C)CC[C@H](c1ccc(C(=O)O)cc1)N1C(=O)C(c2cc(Cl)cc(Cl)c2)=NC12CCC(C(C)(C)C)CC2.NCc1nn[nH]n1. The number of aromatic nitrogens is 8. The van der Waals surface area contributed by atoms with Gasteiger partial charge in [0.1, 0.15) is 22.7 Å². The molecule has 496 valence electrons. The number of aromatic carboxylic acids is 1. The van der Waals surface area contributed by atoms with Crippen molar-refractivity contribution in [2.24, 2.45) is 49.2 Å². The smallest absolute Gasteiger partial charge is 0.335 e. The number of rotatable bonds is 15. The minimum atomic E-state index is -0.967. The molecule has 24 heteroatoms. The molecule has 4 heterocycles. The summed E-state index contributed by atoms with van der Waals surface area (Å²) in [6, 6.07) is 24.4. The highest BCUT2D eigenvalue weighted by atomic mass is 79.9. The number of tetrazole rings is 2. The van der Waals surface area contributed by atoms with Crippen LogP contribution >= 0.6 is 63.4 Å². The van der Waals surface area contributed by atoms with Crippen LogP contribution in [0.5, 0.6) is 0 Å². The van der Waals surface area contributed by atoms with Crippen molar-refractivity contribution in [1.82, 2.24) is 56.4 Å². The van der Waals surface area contributed by atoms with Crippen molar-refractivity contribution in [2.75, 3.05) is 0 Å². The lowest BCUT2D eigenvalue weighted by Gasteiger charge is -2.47. The highest BCUT2D eigenvalue weighted by Crippen LogP contribution is 2.53. The van der Waals surface area contributed by atoms with Gasteiger partial charge in [-0.3, -0.25) is 24.4 Å². The number of nitrogens with zero attached hydrogens (tertiary/aromatic N) is 10. The van der Waals surface area contributed by atoms with Crippen molar-refractivity contribution in [2.45, 2.75) is 197 Å². The van der Waals surface area contributed by atoms with Crippen molar-refractivity contribution in [3.8, 4) is 0 Å². The van der Waals surface area contributed by atoms with E-state index in [1.807, 2.05) is 46.2 Å². The third-order valence-electron chi connectivity index (χ3n) is 18.1. The predicted octanol–water partition coefficient (Wildman–Crippen LogP) is 15.6. The number of carbonyl (C=O) groups excluding carboxylic acids is 3. The van der Waals surface area contributed by atoms with Gasteiger partial charge in [0.05, 0.1) is 30.7 Å². The molecule has 2 spiro atoms. The minimum absolute atomic E-state index is 0. The Bertz CT molecular complexity index is 3520. The van der Waals surface area contributed by atoms with Crippen molar-refractivity contribution in [3.63, 3.8) is 0 Å². The van der Waals surface area contributed by atoms with Gasteiger partial charge >= 0.3 is 5.97 Å². The molecule has 4 aliphatic rings. The van der Waals surface area contributed by atoms with Crippen LogP contribution in [0.25, 0.3) is 0 Å². The van der Waals surface area contributed by atoms with E-state index < -0.39 is 17.3 Å². The first-order chi connectivity index (χ1) is 42.7. The third-order valence-corrected chi connectivity index (χ3v) is 19.0. The molecular weight excluding hydrogens is 1310 g/mol. The number of amides is 3. The molecule has 2 saturated carbocycles. The Labute approximate surface area is 571 Å². The molecule has 4 aromatic carbocycles. The lowest BCUT2D eigenvalue weighted by molar-refractivity contribution is -0.134. The molecule has 2 aliphatic heterocycles. The molecule has 6 aromatic rings. The fraction of sp³-hybridized carbons (Fsp3) is 0.529. The molecule has 2 atom stereocenters. The molecule has 19 nitrogen and oxygen atoms in total. The second-order valence-corrected chi connectivity index (χ2v) is 30.9. The lowest BCUT2D eigenvalue weighted by Crippen LogP contribution is -2.51. The van der Waals surface area contributed by atoms with Crippen LogP contribution in [0, 0.1) is 33.5 Å². The van der Waals surface area contributed by atoms with E-state index in [0.29, 0.717) is 78.2 Å². The van der Waals surface area contributed by atoms with Crippen LogP contribution in [-0.4, -0.2) is 103 Å². The average molecular weight is 1400 g/mol. The topological polar surface area (TPSA) is 267 Å².